The highest BCUT2D eigenvalue weighted by atomic mass is 16.6. The van der Waals surface area contributed by atoms with E-state index in [0.717, 1.165) is 40.8 Å². The number of nitrogens with zero attached hydrogens (tertiary/aromatic N) is 2. The molecular formula is C27H41N3O7. The van der Waals surface area contributed by atoms with Gasteiger partial charge in [0.15, 0.2) is 5.76 Å². The van der Waals surface area contributed by atoms with Crippen molar-refractivity contribution in [3.05, 3.63) is 78.3 Å². The first kappa shape index (κ1) is 37.4. The van der Waals surface area contributed by atoms with E-state index in [-0.39, 0.29) is 6.15 Å². The Morgan fingerprint density at radius 2 is 1.38 bits per heavy atom. The van der Waals surface area contributed by atoms with Crippen LogP contribution in [0.15, 0.2) is 66.0 Å². The molecule has 0 aliphatic rings. The van der Waals surface area contributed by atoms with Crippen LogP contribution in [0, 0.1) is 11.8 Å². The molecule has 0 unspecified atom stereocenters. The van der Waals surface area contributed by atoms with Crippen LogP contribution in [0.1, 0.15) is 58.4 Å². The quantitative estimate of drug-likeness (QED) is 0.226. The van der Waals surface area contributed by atoms with Gasteiger partial charge >= 0.3 is 12.3 Å². The molecule has 0 amide bonds. The molecule has 10 heteroatoms. The molecule has 3 rings (SSSR count). The van der Waals surface area contributed by atoms with Gasteiger partial charge in [-0.3, -0.25) is 4.98 Å². The van der Waals surface area contributed by atoms with Crippen molar-refractivity contribution in [1.82, 2.24) is 16.3 Å². The number of aromatic nitrogens is 2. The third-order valence-electron chi connectivity index (χ3n) is 3.11. The van der Waals surface area contributed by atoms with Crippen molar-refractivity contribution in [1.29, 1.82) is 0 Å². The van der Waals surface area contributed by atoms with E-state index < -0.39 is 12.3 Å². The lowest BCUT2D eigenvalue weighted by Crippen LogP contribution is -1.87. The molecule has 0 atom stereocenters. The highest BCUT2D eigenvalue weighted by Gasteiger charge is 2.07. The minimum absolute atomic E-state index is 0. The number of hydrogen-bond acceptors (Lipinski definition) is 6. The SMILES string of the molecule is C=Cc1ccc(Cc2cc(-c3cccnc3)on2)cc1.CC(C)C.CC(C)C.N.O=C(O)O.O=C(O)O. The maximum Gasteiger partial charge on any atom is 0.503 e. The van der Waals surface area contributed by atoms with E-state index in [2.05, 4.69) is 70.4 Å². The van der Waals surface area contributed by atoms with Crippen molar-refractivity contribution in [2.75, 3.05) is 0 Å². The fourth-order valence-corrected chi connectivity index (χ4v) is 2.02. The molecular weight excluding hydrogens is 478 g/mol. The Hall–Kier alpha value is -4.18. The van der Waals surface area contributed by atoms with Crippen LogP contribution in [0.2, 0.25) is 0 Å². The van der Waals surface area contributed by atoms with Crippen molar-refractivity contribution in [3.63, 3.8) is 0 Å². The van der Waals surface area contributed by atoms with Crippen molar-refractivity contribution in [2.24, 2.45) is 11.8 Å². The molecule has 206 valence electrons. The van der Waals surface area contributed by atoms with Crippen LogP contribution in [0.5, 0.6) is 0 Å². The fraction of sp³-hybridized carbons (Fsp3) is 0.333. The summed E-state index contributed by atoms with van der Waals surface area (Å²) in [7, 11) is 0. The van der Waals surface area contributed by atoms with E-state index in [1.54, 1.807) is 12.4 Å². The van der Waals surface area contributed by atoms with E-state index in [1.807, 2.05) is 36.4 Å². The van der Waals surface area contributed by atoms with Gasteiger partial charge in [-0.15, -0.1) is 0 Å². The molecule has 37 heavy (non-hydrogen) atoms. The Balaban J connectivity index is -0.000000564. The molecule has 0 radical (unpaired) electrons. The normalized spacial score (nSPS) is 8.86. The number of carbonyl (C=O) groups is 2. The molecule has 0 saturated carbocycles. The van der Waals surface area contributed by atoms with Gasteiger partial charge in [0.1, 0.15) is 0 Å². The van der Waals surface area contributed by atoms with Crippen molar-refractivity contribution in [2.45, 2.75) is 48.0 Å². The highest BCUT2D eigenvalue weighted by Crippen LogP contribution is 2.20. The smallest absolute Gasteiger partial charge is 0.450 e. The molecule has 0 aliphatic carbocycles. The van der Waals surface area contributed by atoms with Crippen molar-refractivity contribution in [3.8, 4) is 11.3 Å². The molecule has 0 saturated heterocycles. The summed E-state index contributed by atoms with van der Waals surface area (Å²) in [6.07, 6.45) is 2.42. The van der Waals surface area contributed by atoms with Crippen LogP contribution in [0.25, 0.3) is 17.4 Å². The van der Waals surface area contributed by atoms with Crippen LogP contribution < -0.4 is 6.15 Å². The average molecular weight is 520 g/mol. The van der Waals surface area contributed by atoms with Gasteiger partial charge in [-0.1, -0.05) is 83.6 Å². The van der Waals surface area contributed by atoms with Gasteiger partial charge in [-0.2, -0.15) is 0 Å². The second-order valence-corrected chi connectivity index (χ2v) is 8.58. The standard InChI is InChI=1S/C17H14N2O.2C4H10.2CH2O3.H3N/c1-2-13-5-7-14(8-6-13)10-16-11-17(20-19-16)15-4-3-9-18-12-15;2*1-4(2)3;2*2-1(3)4;/h2-9,11-12H,1,10H2;2*4H,1-3H3;2*(H2,2,3,4);1H3. The number of rotatable bonds is 4. The zero-order valence-corrected chi connectivity index (χ0v) is 22.5. The van der Waals surface area contributed by atoms with Gasteiger partial charge in [0.25, 0.3) is 0 Å². The molecule has 10 nitrogen and oxygen atoms in total. The second-order valence-electron chi connectivity index (χ2n) is 8.58. The van der Waals surface area contributed by atoms with Crippen LogP contribution in [-0.2, 0) is 6.42 Å². The van der Waals surface area contributed by atoms with Crippen LogP contribution in [-0.4, -0.2) is 42.9 Å². The summed E-state index contributed by atoms with van der Waals surface area (Å²) in [6, 6.07) is 14.0. The average Bonchev–Trinajstić information content (AvgIpc) is 3.22. The molecule has 3 aromatic rings. The molecule has 7 N–H and O–H groups in total. The summed E-state index contributed by atoms with van der Waals surface area (Å²) in [4.78, 5) is 21.2. The lowest BCUT2D eigenvalue weighted by atomic mass is 10.1. The number of hydrogen-bond donors (Lipinski definition) is 5. The molecule has 0 bridgehead atoms. The number of benzene rings is 1. The Morgan fingerprint density at radius 1 is 0.919 bits per heavy atom. The highest BCUT2D eigenvalue weighted by molar-refractivity contribution is 5.56. The molecule has 1 aromatic carbocycles. The molecule has 0 spiro atoms. The summed E-state index contributed by atoms with van der Waals surface area (Å²) in [5.74, 6) is 2.41. The monoisotopic (exact) mass is 519 g/mol. The van der Waals surface area contributed by atoms with E-state index in [9.17, 15) is 0 Å². The summed E-state index contributed by atoms with van der Waals surface area (Å²) < 4.78 is 5.36. The Bertz CT molecular complexity index is 955. The lowest BCUT2D eigenvalue weighted by molar-refractivity contribution is 0.135. The molecule has 2 aromatic heterocycles. The minimum Gasteiger partial charge on any atom is -0.450 e. The Morgan fingerprint density at radius 3 is 1.76 bits per heavy atom. The van der Waals surface area contributed by atoms with Gasteiger partial charge in [-0.25, -0.2) is 9.59 Å². The van der Waals surface area contributed by atoms with Gasteiger partial charge in [0.2, 0.25) is 0 Å². The Kier molecular flexibility index (Phi) is 22.5. The molecule has 0 aliphatic heterocycles. The van der Waals surface area contributed by atoms with Gasteiger partial charge in [0.05, 0.1) is 5.69 Å². The van der Waals surface area contributed by atoms with Crippen LogP contribution in [0.4, 0.5) is 9.59 Å². The second kappa shape index (κ2) is 22.3. The topological polar surface area (TPSA) is 189 Å². The number of pyridine rings is 1. The van der Waals surface area contributed by atoms with Crippen LogP contribution in [0.3, 0.4) is 0 Å². The van der Waals surface area contributed by atoms with Crippen LogP contribution >= 0.6 is 0 Å². The van der Waals surface area contributed by atoms with Gasteiger partial charge < -0.3 is 31.1 Å². The molecule has 0 fully saturated rings. The van der Waals surface area contributed by atoms with Crippen molar-refractivity contribution >= 4 is 18.4 Å². The number of carboxylic acid groups (broad SMARTS) is 4. The van der Waals surface area contributed by atoms with E-state index in [1.165, 1.54) is 5.56 Å². The maximum atomic E-state index is 8.56. The summed E-state index contributed by atoms with van der Waals surface area (Å²) in [5.41, 5.74) is 4.16. The van der Waals surface area contributed by atoms with Gasteiger partial charge in [0, 0.05) is 30.4 Å². The zero-order valence-electron chi connectivity index (χ0n) is 22.5. The predicted molar refractivity (Wildman–Crippen MR) is 146 cm³/mol. The predicted octanol–water partition coefficient (Wildman–Crippen LogP) is 7.90. The molecule has 2 heterocycles. The lowest BCUT2D eigenvalue weighted by Gasteiger charge is -1.98. The first-order chi connectivity index (χ1) is 16.8. The van der Waals surface area contributed by atoms with E-state index >= 15 is 0 Å². The van der Waals surface area contributed by atoms with E-state index in [0.29, 0.717) is 0 Å². The minimum atomic E-state index is -1.83. The van der Waals surface area contributed by atoms with Crippen molar-refractivity contribution < 1.29 is 34.5 Å². The largest absolute Gasteiger partial charge is 0.503 e. The first-order valence-corrected chi connectivity index (χ1v) is 11.2. The van der Waals surface area contributed by atoms with Gasteiger partial charge in [-0.05, 0) is 35.1 Å². The zero-order chi connectivity index (χ0) is 28.1. The summed E-state index contributed by atoms with van der Waals surface area (Å²) >= 11 is 0. The Labute approximate surface area is 218 Å². The third-order valence-corrected chi connectivity index (χ3v) is 3.11. The maximum absolute atomic E-state index is 8.56. The fourth-order valence-electron chi connectivity index (χ4n) is 2.02. The first-order valence-electron chi connectivity index (χ1n) is 11.2. The summed E-state index contributed by atoms with van der Waals surface area (Å²) in [5, 5.41) is 32.0. The third kappa shape index (κ3) is 26.3. The van der Waals surface area contributed by atoms with E-state index in [4.69, 9.17) is 34.5 Å². The summed E-state index contributed by atoms with van der Waals surface area (Å²) in [6.45, 7) is 16.7.